The molecule has 0 N–H and O–H groups in total. The van der Waals surface area contributed by atoms with E-state index in [1.165, 1.54) is 38.5 Å². The molecule has 1 aliphatic heterocycles. The van der Waals surface area contributed by atoms with Crippen LogP contribution in [0.1, 0.15) is 58.3 Å². The van der Waals surface area contributed by atoms with Gasteiger partial charge in [0.15, 0.2) is 0 Å². The highest BCUT2D eigenvalue weighted by atomic mass is 16.6. The maximum Gasteiger partial charge on any atom is 0.338 e. The molecule has 1 unspecified atom stereocenters. The lowest BCUT2D eigenvalue weighted by atomic mass is 9.84. The van der Waals surface area contributed by atoms with Crippen LogP contribution in [-0.4, -0.2) is 11.6 Å². The van der Waals surface area contributed by atoms with E-state index in [-0.39, 0.29) is 11.6 Å². The number of carbonyl (C=O) groups is 1. The molecule has 2 heteroatoms. The summed E-state index contributed by atoms with van der Waals surface area (Å²) >= 11 is 0. The summed E-state index contributed by atoms with van der Waals surface area (Å²) < 4.78 is 5.30. The molecule has 1 atom stereocenters. The summed E-state index contributed by atoms with van der Waals surface area (Å²) in [4.78, 5) is 11.3. The number of rotatable bonds is 0. The van der Waals surface area contributed by atoms with E-state index in [0.29, 0.717) is 0 Å². The van der Waals surface area contributed by atoms with E-state index < -0.39 is 0 Å². The quantitative estimate of drug-likeness (QED) is 0.570. The predicted octanol–water partition coefficient (Wildman–Crippen LogP) is 3.36. The topological polar surface area (TPSA) is 26.3 Å². The van der Waals surface area contributed by atoms with Crippen LogP contribution >= 0.6 is 0 Å². The number of hydrogen-bond donors (Lipinski definition) is 0. The minimum absolute atomic E-state index is 0.0863. The van der Waals surface area contributed by atoms with Crippen molar-refractivity contribution in [3.8, 4) is 0 Å². The molecule has 1 saturated heterocycles. The highest BCUT2D eigenvalue weighted by molar-refractivity contribution is 5.97. The molecule has 0 spiro atoms. The summed E-state index contributed by atoms with van der Waals surface area (Å²) in [6.07, 6.45) is 11.8. The van der Waals surface area contributed by atoms with Gasteiger partial charge in [0.1, 0.15) is 5.60 Å². The Morgan fingerprint density at radius 3 is 2.53 bits per heavy atom. The second-order valence-corrected chi connectivity index (χ2v) is 4.90. The Morgan fingerprint density at radius 2 is 1.80 bits per heavy atom. The Labute approximate surface area is 91.7 Å². The number of fused-ring (bicyclic) bond motifs is 1. The summed E-state index contributed by atoms with van der Waals surface area (Å²) in [7, 11) is 0. The molecular weight excluding hydrogens is 188 g/mol. The van der Waals surface area contributed by atoms with E-state index in [9.17, 15) is 4.79 Å². The monoisotopic (exact) mass is 208 g/mol. The minimum atomic E-state index is -0.249. The largest absolute Gasteiger partial charge is 0.451 e. The second kappa shape index (κ2) is 4.38. The lowest BCUT2D eigenvalue weighted by molar-refractivity contribution is -0.170. The standard InChI is InChI=1S/C13H20O2/c1-13-10-8-6-4-2-3-5-7-9-11(13)12(14)15-13/h9H,2-8,10H2,1H3. The van der Waals surface area contributed by atoms with Gasteiger partial charge < -0.3 is 4.74 Å². The number of hydrogen-bond acceptors (Lipinski definition) is 2. The van der Waals surface area contributed by atoms with Crippen molar-refractivity contribution in [1.82, 2.24) is 0 Å². The lowest BCUT2D eigenvalue weighted by Gasteiger charge is -2.40. The van der Waals surface area contributed by atoms with Crippen LogP contribution in [0.5, 0.6) is 0 Å². The zero-order valence-corrected chi connectivity index (χ0v) is 9.55. The van der Waals surface area contributed by atoms with E-state index in [1.54, 1.807) is 0 Å². The van der Waals surface area contributed by atoms with Crippen LogP contribution in [0.4, 0.5) is 0 Å². The number of carbonyl (C=O) groups excluding carboxylic acids is 1. The van der Waals surface area contributed by atoms with Crippen molar-refractivity contribution in [3.63, 3.8) is 0 Å². The molecule has 1 fully saturated rings. The Bertz CT molecular complexity index is 280. The third-order valence-electron chi connectivity index (χ3n) is 3.56. The smallest absolute Gasteiger partial charge is 0.338 e. The third kappa shape index (κ3) is 2.24. The Morgan fingerprint density at radius 1 is 1.13 bits per heavy atom. The number of ether oxygens (including phenoxy) is 1. The Hall–Kier alpha value is -0.790. The van der Waals surface area contributed by atoms with Crippen LogP contribution in [0.15, 0.2) is 11.6 Å². The van der Waals surface area contributed by atoms with Gasteiger partial charge >= 0.3 is 5.97 Å². The molecule has 0 radical (unpaired) electrons. The summed E-state index contributed by atoms with van der Waals surface area (Å²) in [5, 5.41) is 0. The van der Waals surface area contributed by atoms with Gasteiger partial charge in [-0.3, -0.25) is 0 Å². The minimum Gasteiger partial charge on any atom is -0.451 e. The normalized spacial score (nSPS) is 32.9. The molecule has 84 valence electrons. The molecule has 1 aliphatic carbocycles. The van der Waals surface area contributed by atoms with Crippen LogP contribution in [0.2, 0.25) is 0 Å². The van der Waals surface area contributed by atoms with E-state index in [2.05, 4.69) is 13.0 Å². The maximum atomic E-state index is 11.3. The summed E-state index contributed by atoms with van der Waals surface area (Å²) in [6.45, 7) is 2.05. The maximum absolute atomic E-state index is 11.3. The molecule has 0 saturated carbocycles. The highest BCUT2D eigenvalue weighted by Gasteiger charge is 2.46. The SMILES string of the molecule is CC12CCCCCCCCC=C1C(=O)O2. The number of allylic oxidation sites excluding steroid dienone is 1. The molecule has 2 aliphatic rings. The van der Waals surface area contributed by atoms with Crippen molar-refractivity contribution in [2.75, 3.05) is 0 Å². The van der Waals surface area contributed by atoms with Crippen molar-refractivity contribution in [2.45, 2.75) is 63.9 Å². The van der Waals surface area contributed by atoms with E-state index in [4.69, 9.17) is 4.74 Å². The fourth-order valence-corrected chi connectivity index (χ4v) is 2.53. The van der Waals surface area contributed by atoms with E-state index in [0.717, 1.165) is 18.4 Å². The fraction of sp³-hybridized carbons (Fsp3) is 0.769. The van der Waals surface area contributed by atoms with Crippen LogP contribution in [0.3, 0.4) is 0 Å². The molecular formula is C13H20O2. The molecule has 0 amide bonds. The van der Waals surface area contributed by atoms with Gasteiger partial charge in [0.25, 0.3) is 0 Å². The average Bonchev–Trinajstić information content (AvgIpc) is 2.22. The zero-order valence-electron chi connectivity index (χ0n) is 9.55. The van der Waals surface area contributed by atoms with Crippen LogP contribution in [0.25, 0.3) is 0 Å². The zero-order chi connectivity index (χ0) is 10.7. The molecule has 2 rings (SSSR count). The molecule has 0 bridgehead atoms. The van der Waals surface area contributed by atoms with Gasteiger partial charge in [0, 0.05) is 0 Å². The first-order valence-electron chi connectivity index (χ1n) is 6.16. The van der Waals surface area contributed by atoms with Gasteiger partial charge in [0.05, 0.1) is 5.57 Å². The van der Waals surface area contributed by atoms with Crippen LogP contribution in [-0.2, 0) is 9.53 Å². The number of esters is 1. The van der Waals surface area contributed by atoms with Gasteiger partial charge in [-0.2, -0.15) is 0 Å². The van der Waals surface area contributed by atoms with E-state index in [1.807, 2.05) is 0 Å². The Kier molecular flexibility index (Phi) is 3.13. The molecule has 2 nitrogen and oxygen atoms in total. The van der Waals surface area contributed by atoms with Gasteiger partial charge in [-0.05, 0) is 32.6 Å². The van der Waals surface area contributed by atoms with Gasteiger partial charge in [-0.25, -0.2) is 4.79 Å². The first kappa shape index (κ1) is 10.7. The predicted molar refractivity (Wildman–Crippen MR) is 59.5 cm³/mol. The van der Waals surface area contributed by atoms with Crippen LogP contribution < -0.4 is 0 Å². The van der Waals surface area contributed by atoms with Gasteiger partial charge in [-0.1, -0.05) is 31.8 Å². The van der Waals surface area contributed by atoms with Crippen LogP contribution in [0, 0.1) is 0 Å². The highest BCUT2D eigenvalue weighted by Crippen LogP contribution is 2.38. The Balaban J connectivity index is 2.04. The third-order valence-corrected chi connectivity index (χ3v) is 3.56. The van der Waals surface area contributed by atoms with E-state index >= 15 is 0 Å². The van der Waals surface area contributed by atoms with Gasteiger partial charge in [0.2, 0.25) is 0 Å². The first-order chi connectivity index (χ1) is 7.22. The molecule has 0 aromatic heterocycles. The van der Waals surface area contributed by atoms with Crippen molar-refractivity contribution in [1.29, 1.82) is 0 Å². The summed E-state index contributed by atoms with van der Waals surface area (Å²) in [5.41, 5.74) is 0.686. The summed E-state index contributed by atoms with van der Waals surface area (Å²) in [5.74, 6) is -0.0863. The first-order valence-corrected chi connectivity index (χ1v) is 6.16. The van der Waals surface area contributed by atoms with Crippen molar-refractivity contribution in [2.24, 2.45) is 0 Å². The average molecular weight is 208 g/mol. The van der Waals surface area contributed by atoms with Crippen molar-refractivity contribution < 1.29 is 9.53 Å². The molecule has 0 aromatic carbocycles. The molecule has 15 heavy (non-hydrogen) atoms. The van der Waals surface area contributed by atoms with Crippen molar-refractivity contribution in [3.05, 3.63) is 11.6 Å². The second-order valence-electron chi connectivity index (χ2n) is 4.90. The summed E-state index contributed by atoms with van der Waals surface area (Å²) in [6, 6.07) is 0. The fourth-order valence-electron chi connectivity index (χ4n) is 2.53. The van der Waals surface area contributed by atoms with Gasteiger partial charge in [-0.15, -0.1) is 0 Å². The lowest BCUT2D eigenvalue weighted by Crippen LogP contribution is -2.48. The molecule has 1 heterocycles. The molecule has 0 aromatic rings. The van der Waals surface area contributed by atoms with Crippen molar-refractivity contribution >= 4 is 5.97 Å².